The molecule has 0 unspecified atom stereocenters. The Morgan fingerprint density at radius 2 is 2.00 bits per heavy atom. The van der Waals surface area contributed by atoms with Crippen LogP contribution in [-0.2, 0) is 9.84 Å². The fourth-order valence-electron chi connectivity index (χ4n) is 1.97. The second kappa shape index (κ2) is 4.78. The standard InChI is InChI=1S/C10H11FN4O3S/c11-9-7-8(13-14-12)1-2-10(9)15(16)3-5-19(17,18)6-4-15/h1-2,7H,3-6H2. The molecule has 0 bridgehead atoms. The third kappa shape index (κ3) is 2.85. The zero-order valence-corrected chi connectivity index (χ0v) is 10.7. The molecule has 1 saturated heterocycles. The van der Waals surface area contributed by atoms with Gasteiger partial charge in [-0.15, -0.1) is 0 Å². The highest BCUT2D eigenvalue weighted by molar-refractivity contribution is 7.91. The van der Waals surface area contributed by atoms with E-state index < -0.39 is 20.3 Å². The summed E-state index contributed by atoms with van der Waals surface area (Å²) in [4.78, 5) is 2.52. The van der Waals surface area contributed by atoms with Crippen LogP contribution >= 0.6 is 0 Å². The maximum absolute atomic E-state index is 13.8. The van der Waals surface area contributed by atoms with Gasteiger partial charge in [0.15, 0.2) is 21.3 Å². The van der Waals surface area contributed by atoms with Gasteiger partial charge < -0.3 is 9.85 Å². The van der Waals surface area contributed by atoms with Gasteiger partial charge in [0, 0.05) is 16.7 Å². The number of azide groups is 1. The summed E-state index contributed by atoms with van der Waals surface area (Å²) in [7, 11) is -3.20. The fraction of sp³-hybridized carbons (Fsp3) is 0.400. The lowest BCUT2D eigenvalue weighted by Gasteiger charge is -2.44. The first-order valence-corrected chi connectivity index (χ1v) is 7.32. The largest absolute Gasteiger partial charge is 0.627 e. The molecule has 0 aliphatic carbocycles. The summed E-state index contributed by atoms with van der Waals surface area (Å²) in [5, 5.41) is 15.7. The van der Waals surface area contributed by atoms with Crippen LogP contribution in [0.5, 0.6) is 0 Å². The van der Waals surface area contributed by atoms with E-state index in [4.69, 9.17) is 5.53 Å². The molecule has 0 amide bonds. The van der Waals surface area contributed by atoms with E-state index in [0.717, 1.165) is 6.07 Å². The normalized spacial score (nSPS) is 20.5. The molecule has 1 aromatic carbocycles. The Bertz CT molecular complexity index is 641. The van der Waals surface area contributed by atoms with Crippen LogP contribution in [0.3, 0.4) is 0 Å². The number of hydrogen-bond donors (Lipinski definition) is 0. The van der Waals surface area contributed by atoms with E-state index in [-0.39, 0.29) is 36.0 Å². The molecule has 1 aliphatic heterocycles. The van der Waals surface area contributed by atoms with Gasteiger partial charge in [-0.2, -0.15) is 0 Å². The summed E-state index contributed by atoms with van der Waals surface area (Å²) in [6, 6.07) is 3.54. The number of rotatable bonds is 2. The Balaban J connectivity index is 2.34. The van der Waals surface area contributed by atoms with Crippen molar-refractivity contribution in [3.05, 3.63) is 39.7 Å². The summed E-state index contributed by atoms with van der Waals surface area (Å²) in [6.07, 6.45) is 0. The Morgan fingerprint density at radius 3 is 2.53 bits per heavy atom. The lowest BCUT2D eigenvalue weighted by molar-refractivity contribution is 0.379. The third-order valence-corrected chi connectivity index (χ3v) is 4.67. The highest BCUT2D eigenvalue weighted by Gasteiger charge is 2.33. The number of halogens is 1. The maximum Gasteiger partial charge on any atom is 0.184 e. The molecule has 1 fully saturated rings. The van der Waals surface area contributed by atoms with E-state index in [1.165, 1.54) is 12.1 Å². The first-order chi connectivity index (χ1) is 8.86. The van der Waals surface area contributed by atoms with E-state index >= 15 is 0 Å². The number of benzene rings is 1. The predicted molar refractivity (Wildman–Crippen MR) is 68.8 cm³/mol. The number of nitrogens with zero attached hydrogens (tertiary/aromatic N) is 4. The van der Waals surface area contributed by atoms with Gasteiger partial charge in [0.1, 0.15) is 11.5 Å². The second-order valence-corrected chi connectivity index (χ2v) is 6.62. The first kappa shape index (κ1) is 13.8. The van der Waals surface area contributed by atoms with Crippen molar-refractivity contribution < 1.29 is 12.8 Å². The first-order valence-electron chi connectivity index (χ1n) is 5.50. The third-order valence-electron chi connectivity index (χ3n) is 3.06. The van der Waals surface area contributed by atoms with Gasteiger partial charge in [-0.25, -0.2) is 12.8 Å². The molecule has 0 saturated carbocycles. The van der Waals surface area contributed by atoms with Crippen molar-refractivity contribution in [3.63, 3.8) is 0 Å². The lowest BCUT2D eigenvalue weighted by atomic mass is 10.2. The number of quaternary nitrogens is 1. The Kier molecular flexibility index (Phi) is 3.46. The average Bonchev–Trinajstić information content (AvgIpc) is 2.34. The number of sulfone groups is 1. The van der Waals surface area contributed by atoms with Crippen molar-refractivity contribution in [3.8, 4) is 0 Å². The number of hydrogen-bond acceptors (Lipinski definition) is 4. The van der Waals surface area contributed by atoms with Crippen LogP contribution < -0.4 is 4.65 Å². The smallest absolute Gasteiger partial charge is 0.184 e. The van der Waals surface area contributed by atoms with Gasteiger partial charge in [-0.1, -0.05) is 5.11 Å². The molecule has 0 radical (unpaired) electrons. The van der Waals surface area contributed by atoms with E-state index in [1.54, 1.807) is 0 Å². The van der Waals surface area contributed by atoms with Crippen LogP contribution in [0.15, 0.2) is 23.3 Å². The fourth-order valence-corrected chi connectivity index (χ4v) is 3.32. The van der Waals surface area contributed by atoms with Crippen LogP contribution in [0.25, 0.3) is 10.4 Å². The van der Waals surface area contributed by atoms with Crippen LogP contribution in [0, 0.1) is 11.0 Å². The minimum atomic E-state index is -3.20. The summed E-state index contributed by atoms with van der Waals surface area (Å²) in [6.45, 7) is -0.416. The monoisotopic (exact) mass is 286 g/mol. The van der Waals surface area contributed by atoms with Crippen LogP contribution in [0.1, 0.15) is 0 Å². The quantitative estimate of drug-likeness (QED) is 0.273. The molecule has 0 aromatic heterocycles. The molecule has 102 valence electrons. The van der Waals surface area contributed by atoms with Crippen molar-refractivity contribution >= 4 is 21.2 Å². The van der Waals surface area contributed by atoms with Crippen LogP contribution in [0.4, 0.5) is 15.8 Å². The van der Waals surface area contributed by atoms with Crippen molar-refractivity contribution in [1.82, 2.24) is 4.65 Å². The van der Waals surface area contributed by atoms with E-state index in [0.29, 0.717) is 0 Å². The highest BCUT2D eigenvalue weighted by Crippen LogP contribution is 2.30. The van der Waals surface area contributed by atoms with E-state index in [2.05, 4.69) is 10.0 Å². The van der Waals surface area contributed by atoms with Gasteiger partial charge in [0.25, 0.3) is 0 Å². The Morgan fingerprint density at radius 1 is 1.37 bits per heavy atom. The van der Waals surface area contributed by atoms with Gasteiger partial charge >= 0.3 is 0 Å². The molecule has 1 heterocycles. The molecular weight excluding hydrogens is 275 g/mol. The lowest BCUT2D eigenvalue weighted by Crippen LogP contribution is -2.54. The minimum Gasteiger partial charge on any atom is -0.627 e. The highest BCUT2D eigenvalue weighted by atomic mass is 32.2. The molecule has 9 heteroatoms. The molecular formula is C10H11FN4O3S. The van der Waals surface area contributed by atoms with Crippen LogP contribution in [0.2, 0.25) is 0 Å². The van der Waals surface area contributed by atoms with Gasteiger partial charge in [-0.05, 0) is 17.7 Å². The number of hydroxylamine groups is 2. The van der Waals surface area contributed by atoms with Gasteiger partial charge in [0.2, 0.25) is 0 Å². The van der Waals surface area contributed by atoms with Crippen molar-refractivity contribution in [2.45, 2.75) is 0 Å². The zero-order chi connectivity index (χ0) is 14.1. The molecule has 0 atom stereocenters. The summed E-state index contributed by atoms with van der Waals surface area (Å²) in [5.74, 6) is -1.30. The van der Waals surface area contributed by atoms with Crippen LogP contribution in [-0.4, -0.2) is 33.0 Å². The van der Waals surface area contributed by atoms with Crippen molar-refractivity contribution in [1.29, 1.82) is 0 Å². The van der Waals surface area contributed by atoms with Crippen molar-refractivity contribution in [2.24, 2.45) is 5.11 Å². The topological polar surface area (TPSA) is 106 Å². The molecule has 2 rings (SSSR count). The minimum absolute atomic E-state index is 0.0694. The molecule has 1 aliphatic rings. The summed E-state index contributed by atoms with van der Waals surface area (Å²) in [5.41, 5.74) is 8.18. The van der Waals surface area contributed by atoms with Gasteiger partial charge in [-0.3, -0.25) is 0 Å². The van der Waals surface area contributed by atoms with E-state index in [9.17, 15) is 18.0 Å². The zero-order valence-electron chi connectivity index (χ0n) is 9.86. The molecule has 7 nitrogen and oxygen atoms in total. The molecule has 1 aromatic rings. The van der Waals surface area contributed by atoms with E-state index in [1.807, 2.05) is 0 Å². The van der Waals surface area contributed by atoms with Gasteiger partial charge in [0.05, 0.1) is 13.1 Å². The Labute approximate surface area is 109 Å². The SMILES string of the molecule is [N-]=[N+]=Nc1ccc([N+]2([O-])CCS(=O)(=O)CC2)c(F)c1. The predicted octanol–water partition coefficient (Wildman–Crippen LogP) is 2.00. The summed E-state index contributed by atoms with van der Waals surface area (Å²) < 4.78 is 35.4. The van der Waals surface area contributed by atoms with Crippen molar-refractivity contribution in [2.75, 3.05) is 24.6 Å². The maximum atomic E-state index is 13.8. The summed E-state index contributed by atoms with van der Waals surface area (Å²) >= 11 is 0. The Hall–Kier alpha value is -1.67. The second-order valence-electron chi connectivity index (χ2n) is 4.31. The molecule has 0 spiro atoms. The molecule has 0 N–H and O–H groups in total. The average molecular weight is 286 g/mol. The molecule has 19 heavy (non-hydrogen) atoms.